The molecule has 1 aliphatic carbocycles. The highest BCUT2D eigenvalue weighted by molar-refractivity contribution is 5.93. The summed E-state index contributed by atoms with van der Waals surface area (Å²) in [5.41, 5.74) is 0.694. The average Bonchev–Trinajstić information content (AvgIpc) is 3.45. The Morgan fingerprint density at radius 2 is 1.76 bits per heavy atom. The predicted molar refractivity (Wildman–Crippen MR) is 96.7 cm³/mol. The van der Waals surface area contributed by atoms with Crippen molar-refractivity contribution in [2.45, 2.75) is 19.8 Å². The summed E-state index contributed by atoms with van der Waals surface area (Å²) in [6, 6.07) is 16.9. The topological polar surface area (TPSA) is 58.6 Å². The van der Waals surface area contributed by atoms with Gasteiger partial charge in [-0.3, -0.25) is 9.59 Å². The SMILES string of the molecule is CC(=O)N(CCNC(=O)C1CC1)c1ccccc1Oc1ccccc1. The van der Waals surface area contributed by atoms with E-state index in [1.807, 2.05) is 54.6 Å². The van der Waals surface area contributed by atoms with Crippen LogP contribution in [-0.2, 0) is 9.59 Å². The normalized spacial score (nSPS) is 13.2. The van der Waals surface area contributed by atoms with Gasteiger partial charge in [-0.05, 0) is 37.1 Å². The summed E-state index contributed by atoms with van der Waals surface area (Å²) in [5.74, 6) is 1.47. The van der Waals surface area contributed by atoms with Crippen molar-refractivity contribution in [2.24, 2.45) is 5.92 Å². The van der Waals surface area contributed by atoms with Crippen molar-refractivity contribution >= 4 is 17.5 Å². The molecule has 25 heavy (non-hydrogen) atoms. The third-order valence-corrected chi connectivity index (χ3v) is 4.09. The maximum Gasteiger partial charge on any atom is 0.224 e. The molecule has 3 rings (SSSR count). The maximum atomic E-state index is 12.1. The van der Waals surface area contributed by atoms with Crippen molar-refractivity contribution in [2.75, 3.05) is 18.0 Å². The smallest absolute Gasteiger partial charge is 0.224 e. The van der Waals surface area contributed by atoms with Gasteiger partial charge in [0.05, 0.1) is 5.69 Å². The molecule has 130 valence electrons. The Balaban J connectivity index is 1.71. The number of hydrogen-bond acceptors (Lipinski definition) is 3. The zero-order chi connectivity index (χ0) is 17.6. The number of hydrogen-bond donors (Lipinski definition) is 1. The highest BCUT2D eigenvalue weighted by Crippen LogP contribution is 2.32. The van der Waals surface area contributed by atoms with Gasteiger partial charge in [-0.15, -0.1) is 0 Å². The number of rotatable bonds is 7. The first-order valence-corrected chi connectivity index (χ1v) is 8.53. The minimum absolute atomic E-state index is 0.0809. The molecular weight excluding hydrogens is 316 g/mol. The molecule has 0 spiro atoms. The van der Waals surface area contributed by atoms with Gasteiger partial charge in [-0.2, -0.15) is 0 Å². The molecular formula is C20H22N2O3. The van der Waals surface area contributed by atoms with Gasteiger partial charge in [0.25, 0.3) is 0 Å². The fraction of sp³-hybridized carbons (Fsp3) is 0.300. The first-order valence-electron chi connectivity index (χ1n) is 8.53. The van der Waals surface area contributed by atoms with E-state index in [4.69, 9.17) is 4.74 Å². The molecule has 1 fully saturated rings. The van der Waals surface area contributed by atoms with E-state index >= 15 is 0 Å². The van der Waals surface area contributed by atoms with Gasteiger partial charge in [-0.1, -0.05) is 30.3 Å². The van der Waals surface area contributed by atoms with Crippen molar-refractivity contribution < 1.29 is 14.3 Å². The molecule has 5 nitrogen and oxygen atoms in total. The second-order valence-corrected chi connectivity index (χ2v) is 6.12. The van der Waals surface area contributed by atoms with Crippen molar-refractivity contribution in [1.29, 1.82) is 0 Å². The molecule has 0 saturated heterocycles. The fourth-order valence-corrected chi connectivity index (χ4v) is 2.61. The Morgan fingerprint density at radius 1 is 1.08 bits per heavy atom. The molecule has 2 aromatic carbocycles. The summed E-state index contributed by atoms with van der Waals surface area (Å²) in [4.78, 5) is 25.5. The largest absolute Gasteiger partial charge is 0.455 e. The summed E-state index contributed by atoms with van der Waals surface area (Å²) >= 11 is 0. The van der Waals surface area contributed by atoms with Crippen LogP contribution < -0.4 is 15.0 Å². The van der Waals surface area contributed by atoms with Gasteiger partial charge in [0, 0.05) is 25.9 Å². The second-order valence-electron chi connectivity index (χ2n) is 6.12. The molecule has 0 radical (unpaired) electrons. The lowest BCUT2D eigenvalue weighted by atomic mass is 10.2. The molecule has 0 unspecified atom stereocenters. The van der Waals surface area contributed by atoms with Crippen molar-refractivity contribution in [3.05, 3.63) is 54.6 Å². The van der Waals surface area contributed by atoms with Crippen LogP contribution in [0.1, 0.15) is 19.8 Å². The van der Waals surface area contributed by atoms with E-state index in [1.165, 1.54) is 6.92 Å². The average molecular weight is 338 g/mol. The Labute approximate surface area is 147 Å². The van der Waals surface area contributed by atoms with Crippen LogP contribution in [0.15, 0.2) is 54.6 Å². The van der Waals surface area contributed by atoms with Crippen LogP contribution in [-0.4, -0.2) is 24.9 Å². The number of nitrogens with one attached hydrogen (secondary N) is 1. The van der Waals surface area contributed by atoms with Crippen molar-refractivity contribution in [3.8, 4) is 11.5 Å². The van der Waals surface area contributed by atoms with Crippen LogP contribution in [0.25, 0.3) is 0 Å². The molecule has 0 aromatic heterocycles. The molecule has 2 aromatic rings. The van der Waals surface area contributed by atoms with Crippen LogP contribution in [0.2, 0.25) is 0 Å². The van der Waals surface area contributed by atoms with E-state index in [0.717, 1.165) is 12.8 Å². The highest BCUT2D eigenvalue weighted by atomic mass is 16.5. The molecule has 1 aliphatic rings. The molecule has 1 saturated carbocycles. The zero-order valence-corrected chi connectivity index (χ0v) is 14.3. The Morgan fingerprint density at radius 3 is 2.44 bits per heavy atom. The molecule has 0 atom stereocenters. The summed E-state index contributed by atoms with van der Waals surface area (Å²) in [6.07, 6.45) is 1.94. The molecule has 0 heterocycles. The number of amides is 2. The zero-order valence-electron chi connectivity index (χ0n) is 14.3. The van der Waals surface area contributed by atoms with Crippen LogP contribution in [0, 0.1) is 5.92 Å². The minimum atomic E-state index is -0.0928. The number of benzene rings is 2. The quantitative estimate of drug-likeness (QED) is 0.842. The summed E-state index contributed by atoms with van der Waals surface area (Å²) in [6.45, 7) is 2.35. The summed E-state index contributed by atoms with van der Waals surface area (Å²) in [7, 11) is 0. The first-order chi connectivity index (χ1) is 12.1. The van der Waals surface area contributed by atoms with E-state index in [0.29, 0.717) is 30.3 Å². The number of nitrogens with zero attached hydrogens (tertiary/aromatic N) is 1. The van der Waals surface area contributed by atoms with Gasteiger partial charge in [0.2, 0.25) is 11.8 Å². The number of carbonyl (C=O) groups is 2. The van der Waals surface area contributed by atoms with E-state index in [9.17, 15) is 9.59 Å². The van der Waals surface area contributed by atoms with E-state index in [-0.39, 0.29) is 17.7 Å². The monoisotopic (exact) mass is 338 g/mol. The Bertz CT molecular complexity index is 742. The molecule has 1 N–H and O–H groups in total. The second kappa shape index (κ2) is 7.83. The van der Waals surface area contributed by atoms with Crippen LogP contribution in [0.4, 0.5) is 5.69 Å². The van der Waals surface area contributed by atoms with E-state index < -0.39 is 0 Å². The summed E-state index contributed by atoms with van der Waals surface area (Å²) < 4.78 is 5.94. The lowest BCUT2D eigenvalue weighted by molar-refractivity contribution is -0.122. The molecule has 0 aliphatic heterocycles. The van der Waals surface area contributed by atoms with Crippen molar-refractivity contribution in [3.63, 3.8) is 0 Å². The molecule has 0 bridgehead atoms. The van der Waals surface area contributed by atoms with E-state index in [1.54, 1.807) is 4.90 Å². The number of anilines is 1. The van der Waals surface area contributed by atoms with Gasteiger partial charge in [0.15, 0.2) is 5.75 Å². The first kappa shape index (κ1) is 17.0. The van der Waals surface area contributed by atoms with Crippen molar-refractivity contribution in [1.82, 2.24) is 5.32 Å². The van der Waals surface area contributed by atoms with E-state index in [2.05, 4.69) is 5.32 Å². The van der Waals surface area contributed by atoms with Gasteiger partial charge in [-0.25, -0.2) is 0 Å². The minimum Gasteiger partial charge on any atom is -0.455 e. The standard InChI is InChI=1S/C20H22N2O3/c1-15(23)22(14-13-21-20(24)16-11-12-16)18-9-5-6-10-19(18)25-17-7-3-2-4-8-17/h2-10,16H,11-14H2,1H3,(H,21,24). The summed E-state index contributed by atoms with van der Waals surface area (Å²) in [5, 5.41) is 2.90. The third kappa shape index (κ3) is 4.59. The highest BCUT2D eigenvalue weighted by Gasteiger charge is 2.29. The maximum absolute atomic E-state index is 12.1. The molecule has 2 amide bonds. The number of carbonyl (C=O) groups excluding carboxylic acids is 2. The Kier molecular flexibility index (Phi) is 5.33. The van der Waals surface area contributed by atoms with Crippen LogP contribution >= 0.6 is 0 Å². The van der Waals surface area contributed by atoms with Crippen LogP contribution in [0.3, 0.4) is 0 Å². The molecule has 5 heteroatoms. The third-order valence-electron chi connectivity index (χ3n) is 4.09. The number of para-hydroxylation sites is 3. The van der Waals surface area contributed by atoms with Gasteiger partial charge >= 0.3 is 0 Å². The van der Waals surface area contributed by atoms with Gasteiger partial charge in [0.1, 0.15) is 5.75 Å². The Hall–Kier alpha value is -2.82. The van der Waals surface area contributed by atoms with Gasteiger partial charge < -0.3 is 15.0 Å². The lowest BCUT2D eigenvalue weighted by Crippen LogP contribution is -2.38. The van der Waals surface area contributed by atoms with Crippen LogP contribution in [0.5, 0.6) is 11.5 Å². The predicted octanol–water partition coefficient (Wildman–Crippen LogP) is 3.36. The number of ether oxygens (including phenoxy) is 1. The lowest BCUT2D eigenvalue weighted by Gasteiger charge is -2.24. The fourth-order valence-electron chi connectivity index (χ4n) is 2.61.